The highest BCUT2D eigenvalue weighted by Gasteiger charge is 2.33. The molecule has 2 nitrogen and oxygen atoms in total. The maximum atomic E-state index is 6.26. The van der Waals surface area contributed by atoms with Crippen LogP contribution in [0.15, 0.2) is 47.6 Å². The molecule has 0 fully saturated rings. The minimum Gasteiger partial charge on any atom is -0.309 e. The third-order valence-corrected chi connectivity index (χ3v) is 5.49. The minimum atomic E-state index is 0.379. The molecule has 3 rings (SSSR count). The number of rotatable bonds is 5. The quantitative estimate of drug-likeness (QED) is 0.879. The number of hydrogen-bond donors (Lipinski definition) is 1. The monoisotopic (exact) mass is 318 g/mol. The average Bonchev–Trinajstić information content (AvgIpc) is 2.85. The Morgan fingerprint density at radius 1 is 1.29 bits per heavy atom. The molecule has 4 heteroatoms. The SMILES string of the molecule is CCCNC1c2ccccc2CC1Sc1ncccc1Cl. The molecule has 0 aliphatic heterocycles. The molecule has 1 aromatic heterocycles. The molecule has 1 N–H and O–H groups in total. The van der Waals surface area contributed by atoms with Crippen LogP contribution in [0.1, 0.15) is 30.5 Å². The molecule has 2 atom stereocenters. The van der Waals surface area contributed by atoms with Crippen LogP contribution in [0.3, 0.4) is 0 Å². The Balaban J connectivity index is 1.83. The maximum Gasteiger partial charge on any atom is 0.115 e. The van der Waals surface area contributed by atoms with Crippen molar-refractivity contribution < 1.29 is 0 Å². The maximum absolute atomic E-state index is 6.26. The normalized spacial score (nSPS) is 20.5. The molecule has 1 aromatic carbocycles. The van der Waals surface area contributed by atoms with Gasteiger partial charge in [0, 0.05) is 17.5 Å². The van der Waals surface area contributed by atoms with E-state index in [9.17, 15) is 0 Å². The van der Waals surface area contributed by atoms with Crippen LogP contribution in [-0.4, -0.2) is 16.8 Å². The van der Waals surface area contributed by atoms with Crippen molar-refractivity contribution in [3.05, 3.63) is 58.7 Å². The second-order valence-corrected chi connectivity index (χ2v) is 6.92. The smallest absolute Gasteiger partial charge is 0.115 e. The van der Waals surface area contributed by atoms with Gasteiger partial charge in [-0.2, -0.15) is 0 Å². The second-order valence-electron chi connectivity index (χ2n) is 5.28. The fraction of sp³-hybridized carbons (Fsp3) is 0.353. The predicted octanol–water partition coefficient (Wildman–Crippen LogP) is 4.49. The Bertz CT molecular complexity index is 617. The molecule has 0 bridgehead atoms. The van der Waals surface area contributed by atoms with E-state index in [2.05, 4.69) is 41.5 Å². The van der Waals surface area contributed by atoms with Gasteiger partial charge < -0.3 is 5.32 Å². The number of halogens is 1. The highest BCUT2D eigenvalue weighted by Crippen LogP contribution is 2.42. The molecule has 0 amide bonds. The molecule has 21 heavy (non-hydrogen) atoms. The lowest BCUT2D eigenvalue weighted by Crippen LogP contribution is -2.27. The summed E-state index contributed by atoms with van der Waals surface area (Å²) < 4.78 is 0. The molecule has 110 valence electrons. The highest BCUT2D eigenvalue weighted by molar-refractivity contribution is 8.00. The lowest BCUT2D eigenvalue weighted by atomic mass is 10.1. The molecule has 1 heterocycles. The minimum absolute atomic E-state index is 0.379. The summed E-state index contributed by atoms with van der Waals surface area (Å²) in [5.74, 6) is 0. The highest BCUT2D eigenvalue weighted by atomic mass is 35.5. The van der Waals surface area contributed by atoms with Crippen LogP contribution < -0.4 is 5.32 Å². The van der Waals surface area contributed by atoms with E-state index in [1.54, 1.807) is 11.8 Å². The van der Waals surface area contributed by atoms with Gasteiger partial charge in [-0.3, -0.25) is 0 Å². The summed E-state index contributed by atoms with van der Waals surface area (Å²) in [5, 5.41) is 5.81. The summed E-state index contributed by atoms with van der Waals surface area (Å²) in [6.07, 6.45) is 4.01. The zero-order valence-corrected chi connectivity index (χ0v) is 13.6. The van der Waals surface area contributed by atoms with Crippen LogP contribution in [0.5, 0.6) is 0 Å². The zero-order valence-electron chi connectivity index (χ0n) is 12.1. The fourth-order valence-electron chi connectivity index (χ4n) is 2.81. The average molecular weight is 319 g/mol. The summed E-state index contributed by atoms with van der Waals surface area (Å²) in [6.45, 7) is 3.23. The van der Waals surface area contributed by atoms with Crippen LogP contribution in [0.25, 0.3) is 0 Å². The van der Waals surface area contributed by atoms with Gasteiger partial charge in [-0.1, -0.05) is 54.6 Å². The van der Waals surface area contributed by atoms with Crippen molar-refractivity contribution in [1.82, 2.24) is 10.3 Å². The Hall–Kier alpha value is -1.03. The first-order valence-electron chi connectivity index (χ1n) is 7.38. The number of pyridine rings is 1. The summed E-state index contributed by atoms with van der Waals surface area (Å²) in [7, 11) is 0. The molecular weight excluding hydrogens is 300 g/mol. The van der Waals surface area contributed by atoms with Crippen LogP contribution in [0, 0.1) is 0 Å². The van der Waals surface area contributed by atoms with Gasteiger partial charge in [0.2, 0.25) is 0 Å². The number of benzene rings is 1. The van der Waals surface area contributed by atoms with Gasteiger partial charge in [0.05, 0.1) is 5.02 Å². The van der Waals surface area contributed by atoms with Crippen molar-refractivity contribution in [1.29, 1.82) is 0 Å². The Kier molecular flexibility index (Phi) is 4.84. The Labute approximate surface area is 135 Å². The van der Waals surface area contributed by atoms with Gasteiger partial charge in [0.15, 0.2) is 0 Å². The van der Waals surface area contributed by atoms with Gasteiger partial charge in [-0.15, -0.1) is 0 Å². The van der Waals surface area contributed by atoms with Crippen molar-refractivity contribution >= 4 is 23.4 Å². The lowest BCUT2D eigenvalue weighted by Gasteiger charge is -2.21. The number of thioether (sulfide) groups is 1. The first kappa shape index (κ1) is 14.9. The van der Waals surface area contributed by atoms with Crippen LogP contribution in [-0.2, 0) is 6.42 Å². The standard InChI is InChI=1S/C17H19ClN2S/c1-2-9-19-16-13-7-4-3-6-12(13)11-15(16)21-17-14(18)8-5-10-20-17/h3-8,10,15-16,19H,2,9,11H2,1H3. The second kappa shape index (κ2) is 6.82. The molecule has 0 radical (unpaired) electrons. The zero-order chi connectivity index (χ0) is 14.7. The number of hydrogen-bond acceptors (Lipinski definition) is 3. The largest absolute Gasteiger partial charge is 0.309 e. The molecule has 1 aliphatic rings. The van der Waals surface area contributed by atoms with Crippen LogP contribution in [0.4, 0.5) is 0 Å². The topological polar surface area (TPSA) is 24.9 Å². The van der Waals surface area contributed by atoms with Gasteiger partial charge in [-0.25, -0.2) is 4.98 Å². The first-order valence-corrected chi connectivity index (χ1v) is 8.63. The van der Waals surface area contributed by atoms with Crippen molar-refractivity contribution in [3.63, 3.8) is 0 Å². The van der Waals surface area contributed by atoms with Crippen LogP contribution in [0.2, 0.25) is 5.02 Å². The van der Waals surface area contributed by atoms with E-state index in [1.807, 2.05) is 18.3 Å². The van der Waals surface area contributed by atoms with E-state index < -0.39 is 0 Å². The molecule has 0 saturated carbocycles. The van der Waals surface area contributed by atoms with E-state index in [1.165, 1.54) is 11.1 Å². The van der Waals surface area contributed by atoms with Gasteiger partial charge in [0.25, 0.3) is 0 Å². The van der Waals surface area contributed by atoms with Gasteiger partial charge in [-0.05, 0) is 42.6 Å². The third-order valence-electron chi connectivity index (χ3n) is 3.79. The molecule has 2 aromatic rings. The summed E-state index contributed by atoms with van der Waals surface area (Å²) in [6, 6.07) is 12.9. The van der Waals surface area contributed by atoms with E-state index in [-0.39, 0.29) is 0 Å². The van der Waals surface area contributed by atoms with Crippen molar-refractivity contribution in [3.8, 4) is 0 Å². The number of aromatic nitrogens is 1. The number of fused-ring (bicyclic) bond motifs is 1. The van der Waals surface area contributed by atoms with Gasteiger partial charge in [0.1, 0.15) is 5.03 Å². The van der Waals surface area contributed by atoms with Crippen LogP contribution >= 0.6 is 23.4 Å². The lowest BCUT2D eigenvalue weighted by molar-refractivity contribution is 0.538. The summed E-state index contributed by atoms with van der Waals surface area (Å²) >= 11 is 8.05. The van der Waals surface area contributed by atoms with Gasteiger partial charge >= 0.3 is 0 Å². The van der Waals surface area contributed by atoms with E-state index in [0.717, 1.165) is 29.4 Å². The van der Waals surface area contributed by atoms with E-state index >= 15 is 0 Å². The van der Waals surface area contributed by atoms with E-state index in [0.29, 0.717) is 11.3 Å². The molecule has 0 saturated heterocycles. The molecule has 2 unspecified atom stereocenters. The first-order chi connectivity index (χ1) is 10.3. The summed E-state index contributed by atoms with van der Waals surface area (Å²) in [4.78, 5) is 4.42. The Morgan fingerprint density at radius 3 is 2.95 bits per heavy atom. The number of nitrogens with zero attached hydrogens (tertiary/aromatic N) is 1. The molecule has 0 spiro atoms. The fourth-order valence-corrected chi connectivity index (χ4v) is 4.30. The van der Waals surface area contributed by atoms with Crippen molar-refractivity contribution in [2.24, 2.45) is 0 Å². The molecule has 1 aliphatic carbocycles. The molecular formula is C17H19ClN2S. The predicted molar refractivity (Wildman–Crippen MR) is 90.1 cm³/mol. The summed E-state index contributed by atoms with van der Waals surface area (Å²) in [5.41, 5.74) is 2.87. The van der Waals surface area contributed by atoms with Crippen molar-refractivity contribution in [2.75, 3.05) is 6.54 Å². The Morgan fingerprint density at radius 2 is 2.14 bits per heavy atom. The van der Waals surface area contributed by atoms with Crippen molar-refractivity contribution in [2.45, 2.75) is 36.1 Å². The van der Waals surface area contributed by atoms with E-state index in [4.69, 9.17) is 11.6 Å². The third kappa shape index (κ3) is 3.25. The number of nitrogens with one attached hydrogen (secondary N) is 1.